The highest BCUT2D eigenvalue weighted by atomic mass is 35.5. The Bertz CT molecular complexity index is 1170. The third kappa shape index (κ3) is 4.61. The van der Waals surface area contributed by atoms with Crippen molar-refractivity contribution in [3.8, 4) is 5.69 Å². The van der Waals surface area contributed by atoms with Crippen LogP contribution in [0.4, 0.5) is 24.5 Å². The molecule has 2 aromatic carbocycles. The predicted molar refractivity (Wildman–Crippen MR) is 114 cm³/mol. The van der Waals surface area contributed by atoms with Crippen LogP contribution in [0.1, 0.15) is 18.2 Å². The number of halogens is 4. The molecule has 1 unspecified atom stereocenters. The molecule has 1 heterocycles. The van der Waals surface area contributed by atoms with E-state index in [1.54, 1.807) is 42.9 Å². The highest BCUT2D eigenvalue weighted by Crippen LogP contribution is 2.36. The molecule has 6 nitrogen and oxygen atoms in total. The number of hydrogen-bond donors (Lipinski definition) is 2. The molecular weight excluding hydrogens is 433 g/mol. The molecule has 164 valence electrons. The van der Waals surface area contributed by atoms with Crippen LogP contribution in [0.15, 0.2) is 53.3 Å². The van der Waals surface area contributed by atoms with Gasteiger partial charge in [0.2, 0.25) is 5.91 Å². The normalized spacial score (nSPS) is 12.5. The summed E-state index contributed by atoms with van der Waals surface area (Å²) in [6.45, 7) is 3.16. The summed E-state index contributed by atoms with van der Waals surface area (Å²) in [7, 11) is 1.70. The molecule has 3 rings (SSSR count). The predicted octanol–water partition coefficient (Wildman–Crippen LogP) is 4.60. The molecule has 3 aromatic rings. The summed E-state index contributed by atoms with van der Waals surface area (Å²) >= 11 is 5.67. The highest BCUT2D eigenvalue weighted by molar-refractivity contribution is 6.30. The maximum Gasteiger partial charge on any atom is 0.418 e. The largest absolute Gasteiger partial charge is 0.418 e. The molecule has 0 spiro atoms. The molecule has 10 heteroatoms. The summed E-state index contributed by atoms with van der Waals surface area (Å²) in [6, 6.07) is 11.0. The fraction of sp³-hybridized carbons (Fsp3) is 0.238. The second-order valence-corrected chi connectivity index (χ2v) is 7.42. The fourth-order valence-electron chi connectivity index (χ4n) is 3.12. The van der Waals surface area contributed by atoms with Crippen molar-refractivity contribution in [2.24, 2.45) is 7.05 Å². The Morgan fingerprint density at radius 3 is 2.39 bits per heavy atom. The Labute approximate surface area is 181 Å². The number of aromatic nitrogens is 2. The SMILES string of the molecule is Cc1c(NC(C)C(=O)Nc2ccc(Cl)cc2C(F)(F)F)c(=O)n(-c2ccccc2)n1C. The lowest BCUT2D eigenvalue weighted by molar-refractivity contribution is -0.137. The van der Waals surface area contributed by atoms with Gasteiger partial charge in [-0.2, -0.15) is 13.2 Å². The van der Waals surface area contributed by atoms with Crippen LogP contribution in [0, 0.1) is 6.92 Å². The van der Waals surface area contributed by atoms with E-state index in [2.05, 4.69) is 10.6 Å². The summed E-state index contributed by atoms with van der Waals surface area (Å²) < 4.78 is 42.9. The molecule has 31 heavy (non-hydrogen) atoms. The number of carbonyl (C=O) groups is 1. The van der Waals surface area contributed by atoms with Gasteiger partial charge in [0.1, 0.15) is 11.7 Å². The summed E-state index contributed by atoms with van der Waals surface area (Å²) in [5, 5.41) is 4.99. The van der Waals surface area contributed by atoms with Crippen LogP contribution in [0.2, 0.25) is 5.02 Å². The molecule has 1 atom stereocenters. The number of alkyl halides is 3. The molecule has 0 fully saturated rings. The van der Waals surface area contributed by atoms with Gasteiger partial charge in [0.15, 0.2) is 0 Å². The van der Waals surface area contributed by atoms with E-state index in [9.17, 15) is 22.8 Å². The van der Waals surface area contributed by atoms with Crippen molar-refractivity contribution in [3.63, 3.8) is 0 Å². The van der Waals surface area contributed by atoms with E-state index in [4.69, 9.17) is 11.6 Å². The lowest BCUT2D eigenvalue weighted by Crippen LogP contribution is -2.34. The number of nitrogens with one attached hydrogen (secondary N) is 2. The number of para-hydroxylation sites is 1. The minimum absolute atomic E-state index is 0.0992. The first-order chi connectivity index (χ1) is 14.5. The smallest absolute Gasteiger partial charge is 0.368 e. The van der Waals surface area contributed by atoms with Crippen molar-refractivity contribution in [2.45, 2.75) is 26.1 Å². The van der Waals surface area contributed by atoms with E-state index in [-0.39, 0.29) is 16.3 Å². The van der Waals surface area contributed by atoms with Crippen LogP contribution in [0.5, 0.6) is 0 Å². The molecule has 1 aromatic heterocycles. The van der Waals surface area contributed by atoms with Gasteiger partial charge < -0.3 is 10.6 Å². The van der Waals surface area contributed by atoms with Gasteiger partial charge in [-0.05, 0) is 44.2 Å². The maximum atomic E-state index is 13.3. The van der Waals surface area contributed by atoms with Crippen molar-refractivity contribution in [1.82, 2.24) is 9.36 Å². The van der Waals surface area contributed by atoms with E-state index >= 15 is 0 Å². The Kier molecular flexibility index (Phi) is 6.17. The summed E-state index contributed by atoms with van der Waals surface area (Å²) in [5.41, 5.74) is -0.463. The summed E-state index contributed by atoms with van der Waals surface area (Å²) in [4.78, 5) is 25.5. The number of hydrogen-bond acceptors (Lipinski definition) is 3. The standard InChI is InChI=1S/C21H20ClF3N4O2/c1-12(19(30)27-17-10-9-14(22)11-16(17)21(23,24)25)26-18-13(2)28(3)29(20(18)31)15-7-5-4-6-8-15/h4-12,26H,1-3H3,(H,27,30). The summed E-state index contributed by atoms with van der Waals surface area (Å²) in [5.74, 6) is -0.735. The van der Waals surface area contributed by atoms with Crippen LogP contribution in [0.25, 0.3) is 5.69 Å². The fourth-order valence-corrected chi connectivity index (χ4v) is 3.29. The molecule has 0 saturated carbocycles. The number of benzene rings is 2. The zero-order chi connectivity index (χ0) is 22.9. The molecule has 0 radical (unpaired) electrons. The zero-order valence-electron chi connectivity index (χ0n) is 16.9. The van der Waals surface area contributed by atoms with Gasteiger partial charge in [-0.25, -0.2) is 4.68 Å². The maximum absolute atomic E-state index is 13.3. The second kappa shape index (κ2) is 8.50. The molecule has 2 N–H and O–H groups in total. The Hall–Kier alpha value is -3.20. The number of anilines is 2. The van der Waals surface area contributed by atoms with Gasteiger partial charge in [-0.3, -0.25) is 14.3 Å². The first kappa shape index (κ1) is 22.5. The average molecular weight is 453 g/mol. The van der Waals surface area contributed by atoms with Crippen LogP contribution < -0.4 is 16.2 Å². The minimum Gasteiger partial charge on any atom is -0.368 e. The van der Waals surface area contributed by atoms with Crippen molar-refractivity contribution in [3.05, 3.63) is 75.2 Å². The number of nitrogens with zero attached hydrogens (tertiary/aromatic N) is 2. The Morgan fingerprint density at radius 1 is 1.13 bits per heavy atom. The zero-order valence-corrected chi connectivity index (χ0v) is 17.7. The van der Waals surface area contributed by atoms with Crippen molar-refractivity contribution in [1.29, 1.82) is 0 Å². The summed E-state index contributed by atoms with van der Waals surface area (Å²) in [6.07, 6.45) is -4.69. The number of rotatable bonds is 5. The van der Waals surface area contributed by atoms with Crippen LogP contribution in [-0.4, -0.2) is 21.3 Å². The average Bonchev–Trinajstić information content (AvgIpc) is 2.92. The van der Waals surface area contributed by atoms with Crippen molar-refractivity contribution in [2.75, 3.05) is 10.6 Å². The van der Waals surface area contributed by atoms with Gasteiger partial charge in [0.25, 0.3) is 5.56 Å². The third-order valence-corrected chi connectivity index (χ3v) is 5.09. The lowest BCUT2D eigenvalue weighted by atomic mass is 10.1. The lowest BCUT2D eigenvalue weighted by Gasteiger charge is -2.17. The van der Waals surface area contributed by atoms with E-state index in [1.807, 2.05) is 6.07 Å². The Morgan fingerprint density at radius 2 is 1.77 bits per heavy atom. The van der Waals surface area contributed by atoms with Gasteiger partial charge in [0.05, 0.1) is 22.6 Å². The topological polar surface area (TPSA) is 68.1 Å². The van der Waals surface area contributed by atoms with Gasteiger partial charge in [0, 0.05) is 12.1 Å². The monoisotopic (exact) mass is 452 g/mol. The van der Waals surface area contributed by atoms with E-state index < -0.39 is 29.4 Å². The van der Waals surface area contributed by atoms with Crippen LogP contribution in [0.3, 0.4) is 0 Å². The molecule has 0 saturated heterocycles. The first-order valence-corrected chi connectivity index (χ1v) is 9.66. The third-order valence-electron chi connectivity index (χ3n) is 4.85. The Balaban J connectivity index is 1.86. The van der Waals surface area contributed by atoms with E-state index in [1.165, 1.54) is 17.7 Å². The quantitative estimate of drug-likeness (QED) is 0.594. The minimum atomic E-state index is -4.69. The molecule has 1 amide bonds. The van der Waals surface area contributed by atoms with Crippen molar-refractivity contribution >= 4 is 28.9 Å². The van der Waals surface area contributed by atoms with Gasteiger partial charge in [-0.1, -0.05) is 29.8 Å². The van der Waals surface area contributed by atoms with Crippen LogP contribution in [-0.2, 0) is 18.0 Å². The van der Waals surface area contributed by atoms with Crippen molar-refractivity contribution < 1.29 is 18.0 Å². The molecule has 0 aliphatic rings. The highest BCUT2D eigenvalue weighted by Gasteiger charge is 2.34. The van der Waals surface area contributed by atoms with E-state index in [0.717, 1.165) is 12.1 Å². The first-order valence-electron chi connectivity index (χ1n) is 9.29. The molecule has 0 aliphatic heterocycles. The van der Waals surface area contributed by atoms with Gasteiger partial charge >= 0.3 is 6.18 Å². The van der Waals surface area contributed by atoms with Gasteiger partial charge in [-0.15, -0.1) is 0 Å². The molecule has 0 bridgehead atoms. The molecule has 0 aliphatic carbocycles. The second-order valence-electron chi connectivity index (χ2n) is 6.98. The number of amides is 1. The molecular formula is C21H20ClF3N4O2. The number of carbonyl (C=O) groups excluding carboxylic acids is 1. The van der Waals surface area contributed by atoms with E-state index in [0.29, 0.717) is 11.4 Å². The van der Waals surface area contributed by atoms with Crippen LogP contribution >= 0.6 is 11.6 Å².